The number of hydrogen-bond acceptors (Lipinski definition) is 4. The van der Waals surface area contributed by atoms with E-state index in [4.69, 9.17) is 9.98 Å². The number of aryl methyl sites for hydroxylation is 1. The van der Waals surface area contributed by atoms with E-state index in [0.29, 0.717) is 12.5 Å². The molecule has 1 aromatic heterocycles. The second-order valence-electron chi connectivity index (χ2n) is 8.85. The van der Waals surface area contributed by atoms with Crippen molar-refractivity contribution in [1.82, 2.24) is 9.97 Å². The molecule has 0 saturated carbocycles. The third kappa shape index (κ3) is 3.16. The average Bonchev–Trinajstić information content (AvgIpc) is 2.91. The van der Waals surface area contributed by atoms with Crippen LogP contribution in [0.25, 0.3) is 11.3 Å². The van der Waals surface area contributed by atoms with Crippen LogP contribution in [0.4, 0.5) is 5.95 Å². The first kappa shape index (κ1) is 21.2. The molecule has 3 aromatic rings. The Morgan fingerprint density at radius 2 is 1.32 bits per heavy atom. The number of nitrogens with zero attached hydrogens (tertiary/aromatic N) is 3. The van der Waals surface area contributed by atoms with Gasteiger partial charge in [0, 0.05) is 35.5 Å². The standard InChI is InChI=1S/C27H32N4/c1-13-10-22-24(18(6)14(13)2)25-21(12-30-27(28-9)31-25)11-29-26(22)23-19(7)16(4)15(3)17(5)20(23)8/h10,12H,11H2,1-9H3,(H,28,30,31). The third-order valence-corrected chi connectivity index (χ3v) is 7.38. The summed E-state index contributed by atoms with van der Waals surface area (Å²) in [7, 11) is 1.86. The van der Waals surface area contributed by atoms with Crippen LogP contribution < -0.4 is 5.32 Å². The fourth-order valence-corrected chi connectivity index (χ4v) is 4.75. The fourth-order valence-electron chi connectivity index (χ4n) is 4.75. The van der Waals surface area contributed by atoms with Gasteiger partial charge in [0.25, 0.3) is 0 Å². The minimum atomic E-state index is 0.575. The van der Waals surface area contributed by atoms with Gasteiger partial charge in [-0.3, -0.25) is 4.99 Å². The first-order valence-corrected chi connectivity index (χ1v) is 10.9. The van der Waals surface area contributed by atoms with Crippen molar-refractivity contribution in [3.8, 4) is 11.3 Å². The Morgan fingerprint density at radius 1 is 0.742 bits per heavy atom. The molecule has 4 heteroatoms. The lowest BCUT2D eigenvalue weighted by molar-refractivity contribution is 1.02. The molecule has 0 bridgehead atoms. The molecular formula is C27H32N4. The lowest BCUT2D eigenvalue weighted by Crippen LogP contribution is -2.14. The van der Waals surface area contributed by atoms with Crippen molar-refractivity contribution < 1.29 is 0 Å². The maximum absolute atomic E-state index is 5.19. The van der Waals surface area contributed by atoms with Crippen LogP contribution in [0.15, 0.2) is 17.3 Å². The molecule has 0 unspecified atom stereocenters. The summed E-state index contributed by atoms with van der Waals surface area (Å²) in [4.78, 5) is 14.6. The first-order chi connectivity index (χ1) is 14.7. The Bertz CT molecular complexity index is 1240. The Balaban J connectivity index is 2.13. The van der Waals surface area contributed by atoms with E-state index in [0.717, 1.165) is 17.0 Å². The van der Waals surface area contributed by atoms with E-state index >= 15 is 0 Å². The van der Waals surface area contributed by atoms with Gasteiger partial charge in [-0.1, -0.05) is 0 Å². The molecule has 0 radical (unpaired) electrons. The van der Waals surface area contributed by atoms with Crippen molar-refractivity contribution in [2.75, 3.05) is 12.4 Å². The van der Waals surface area contributed by atoms with Crippen LogP contribution in [0.5, 0.6) is 0 Å². The number of benzene rings is 2. The second kappa shape index (κ2) is 7.60. The molecule has 0 spiro atoms. The zero-order valence-electron chi connectivity index (χ0n) is 20.2. The summed E-state index contributed by atoms with van der Waals surface area (Å²) in [6.45, 7) is 18.3. The van der Waals surface area contributed by atoms with Crippen molar-refractivity contribution in [2.45, 2.75) is 61.9 Å². The monoisotopic (exact) mass is 412 g/mol. The number of rotatable bonds is 2. The van der Waals surface area contributed by atoms with E-state index in [2.05, 4.69) is 71.8 Å². The van der Waals surface area contributed by atoms with Crippen molar-refractivity contribution in [1.29, 1.82) is 0 Å². The highest BCUT2D eigenvalue weighted by Gasteiger charge is 2.27. The number of fused-ring (bicyclic) bond motifs is 3. The van der Waals surface area contributed by atoms with Crippen molar-refractivity contribution >= 4 is 11.7 Å². The summed E-state index contributed by atoms with van der Waals surface area (Å²) in [6, 6.07) is 2.30. The first-order valence-electron chi connectivity index (χ1n) is 10.9. The van der Waals surface area contributed by atoms with E-state index in [-0.39, 0.29) is 0 Å². The molecule has 4 rings (SSSR count). The van der Waals surface area contributed by atoms with Crippen LogP contribution in [0.2, 0.25) is 0 Å². The van der Waals surface area contributed by atoms with E-state index in [1.54, 1.807) is 0 Å². The van der Waals surface area contributed by atoms with Crippen LogP contribution in [-0.2, 0) is 6.54 Å². The Kier molecular flexibility index (Phi) is 5.20. The fraction of sp³-hybridized carbons (Fsp3) is 0.370. The molecule has 1 N–H and O–H groups in total. The van der Waals surface area contributed by atoms with Crippen molar-refractivity contribution in [3.05, 3.63) is 73.5 Å². The zero-order chi connectivity index (χ0) is 22.6. The highest BCUT2D eigenvalue weighted by molar-refractivity contribution is 6.19. The normalized spacial score (nSPS) is 12.7. The van der Waals surface area contributed by atoms with E-state index < -0.39 is 0 Å². The molecule has 0 aliphatic carbocycles. The molecule has 0 saturated heterocycles. The van der Waals surface area contributed by atoms with Gasteiger partial charge in [-0.2, -0.15) is 0 Å². The summed E-state index contributed by atoms with van der Waals surface area (Å²) >= 11 is 0. The molecule has 0 amide bonds. The maximum Gasteiger partial charge on any atom is 0.222 e. The molecule has 0 atom stereocenters. The van der Waals surface area contributed by atoms with Gasteiger partial charge in [-0.25, -0.2) is 9.97 Å². The minimum Gasteiger partial charge on any atom is -0.357 e. The van der Waals surface area contributed by atoms with Gasteiger partial charge in [-0.15, -0.1) is 0 Å². The van der Waals surface area contributed by atoms with Crippen LogP contribution in [0.3, 0.4) is 0 Å². The average molecular weight is 413 g/mol. The molecule has 160 valence electrons. The van der Waals surface area contributed by atoms with E-state index in [9.17, 15) is 0 Å². The summed E-state index contributed by atoms with van der Waals surface area (Å²) in [5, 5.41) is 3.10. The number of aromatic nitrogens is 2. The van der Waals surface area contributed by atoms with E-state index in [1.807, 2.05) is 13.2 Å². The number of hydrogen-bond donors (Lipinski definition) is 1. The van der Waals surface area contributed by atoms with Gasteiger partial charge in [0.15, 0.2) is 0 Å². The highest BCUT2D eigenvalue weighted by Crippen LogP contribution is 2.38. The van der Waals surface area contributed by atoms with Gasteiger partial charge in [0.2, 0.25) is 5.95 Å². The highest BCUT2D eigenvalue weighted by atomic mass is 15.1. The maximum atomic E-state index is 5.19. The van der Waals surface area contributed by atoms with Gasteiger partial charge < -0.3 is 5.32 Å². The summed E-state index contributed by atoms with van der Waals surface area (Å²) in [5.74, 6) is 0.639. The topological polar surface area (TPSA) is 50.2 Å². The van der Waals surface area contributed by atoms with Gasteiger partial charge in [0.1, 0.15) is 0 Å². The summed E-state index contributed by atoms with van der Waals surface area (Å²) < 4.78 is 0. The second-order valence-corrected chi connectivity index (χ2v) is 8.85. The summed E-state index contributed by atoms with van der Waals surface area (Å²) in [6.07, 6.45) is 1.92. The van der Waals surface area contributed by atoms with Crippen LogP contribution in [-0.4, -0.2) is 22.7 Å². The SMILES string of the molecule is CNc1ncc2c(n1)-c1c(cc(C)c(C)c1C)C(c1c(C)c(C)c(C)c(C)c1C)=NC2. The smallest absolute Gasteiger partial charge is 0.222 e. The molecule has 1 aliphatic rings. The van der Waals surface area contributed by atoms with Crippen LogP contribution >= 0.6 is 0 Å². The quantitative estimate of drug-likeness (QED) is 0.561. The Labute approximate surface area is 185 Å². The largest absolute Gasteiger partial charge is 0.357 e. The Morgan fingerprint density at radius 3 is 1.94 bits per heavy atom. The van der Waals surface area contributed by atoms with E-state index in [1.165, 1.54) is 61.2 Å². The Hall–Kier alpha value is -3.01. The molecule has 31 heavy (non-hydrogen) atoms. The minimum absolute atomic E-state index is 0.575. The number of nitrogens with one attached hydrogen (secondary N) is 1. The van der Waals surface area contributed by atoms with Crippen LogP contribution in [0.1, 0.15) is 61.2 Å². The van der Waals surface area contributed by atoms with Gasteiger partial charge in [-0.05, 0) is 106 Å². The van der Waals surface area contributed by atoms with Crippen molar-refractivity contribution in [2.24, 2.45) is 4.99 Å². The number of anilines is 1. The van der Waals surface area contributed by atoms with Crippen LogP contribution in [0, 0.1) is 55.4 Å². The molecule has 2 aromatic carbocycles. The number of aliphatic imine (C=N–C) groups is 1. The predicted octanol–water partition coefficient (Wildman–Crippen LogP) is 6.00. The molecule has 4 nitrogen and oxygen atoms in total. The lowest BCUT2D eigenvalue weighted by atomic mass is 9.82. The summed E-state index contributed by atoms with van der Waals surface area (Å²) in [5.41, 5.74) is 17.3. The molecular weight excluding hydrogens is 380 g/mol. The van der Waals surface area contributed by atoms with Crippen molar-refractivity contribution in [3.63, 3.8) is 0 Å². The predicted molar refractivity (Wildman–Crippen MR) is 131 cm³/mol. The molecule has 2 heterocycles. The third-order valence-electron chi connectivity index (χ3n) is 7.38. The van der Waals surface area contributed by atoms with Gasteiger partial charge >= 0.3 is 0 Å². The zero-order valence-corrected chi connectivity index (χ0v) is 20.2. The lowest BCUT2D eigenvalue weighted by Gasteiger charge is -2.22. The molecule has 0 fully saturated rings. The molecule has 1 aliphatic heterocycles. The van der Waals surface area contributed by atoms with Gasteiger partial charge in [0.05, 0.1) is 18.0 Å².